The molecule has 2 aromatic carbocycles. The number of ether oxygens (including phenoxy) is 2. The molecule has 3 rings (SSSR count). The zero-order valence-corrected chi connectivity index (χ0v) is 19.8. The van der Waals surface area contributed by atoms with E-state index >= 15 is 0 Å². The van der Waals surface area contributed by atoms with Gasteiger partial charge < -0.3 is 24.7 Å². The first-order chi connectivity index (χ1) is 15.9. The lowest BCUT2D eigenvalue weighted by Gasteiger charge is -2.14. The zero-order chi connectivity index (χ0) is 23.8. The molecule has 0 radical (unpaired) electrons. The lowest BCUT2D eigenvalue weighted by Crippen LogP contribution is -2.29. The van der Waals surface area contributed by atoms with Crippen molar-refractivity contribution < 1.29 is 19.1 Å². The smallest absolute Gasteiger partial charge is 0.234 e. The molecule has 2 N–H and O–H groups in total. The lowest BCUT2D eigenvalue weighted by molar-refractivity contribution is -0.121. The average Bonchev–Trinajstić information content (AvgIpc) is 3.19. The molecule has 0 saturated carbocycles. The molecule has 0 aliphatic rings. The second-order valence-corrected chi connectivity index (χ2v) is 8.22. The van der Waals surface area contributed by atoms with Crippen molar-refractivity contribution in [3.05, 3.63) is 59.9 Å². The van der Waals surface area contributed by atoms with Crippen LogP contribution in [0.15, 0.2) is 53.7 Å². The summed E-state index contributed by atoms with van der Waals surface area (Å²) in [6.07, 6.45) is 0.249. The molecule has 0 unspecified atom stereocenters. The second-order valence-electron chi connectivity index (χ2n) is 7.28. The maximum Gasteiger partial charge on any atom is 0.234 e. The van der Waals surface area contributed by atoms with E-state index in [0.717, 1.165) is 17.1 Å². The molecule has 0 aliphatic heterocycles. The number of aromatic nitrogens is 3. The van der Waals surface area contributed by atoms with E-state index in [1.165, 1.54) is 11.8 Å². The largest absolute Gasteiger partial charge is 0.497 e. The Morgan fingerprint density at radius 2 is 1.58 bits per heavy atom. The van der Waals surface area contributed by atoms with Gasteiger partial charge in [0.1, 0.15) is 11.5 Å². The number of hydrogen-bond donors (Lipinski definition) is 2. The molecule has 2 amide bonds. The summed E-state index contributed by atoms with van der Waals surface area (Å²) in [7, 11) is 5.00. The number of amides is 2. The van der Waals surface area contributed by atoms with Crippen LogP contribution in [0, 0.1) is 0 Å². The van der Waals surface area contributed by atoms with Gasteiger partial charge in [0.25, 0.3) is 0 Å². The first-order valence-corrected chi connectivity index (χ1v) is 11.3. The monoisotopic (exact) mass is 469 g/mol. The van der Waals surface area contributed by atoms with Gasteiger partial charge in [-0.1, -0.05) is 23.9 Å². The van der Waals surface area contributed by atoms with E-state index in [0.29, 0.717) is 16.7 Å². The van der Waals surface area contributed by atoms with Crippen molar-refractivity contribution in [3.8, 4) is 11.5 Å². The molecule has 0 saturated heterocycles. The molecule has 174 valence electrons. The Balaban J connectivity index is 1.51. The third-order valence-corrected chi connectivity index (χ3v) is 5.88. The number of anilines is 1. The van der Waals surface area contributed by atoms with Gasteiger partial charge in [0.15, 0.2) is 11.0 Å². The number of rotatable bonds is 10. The van der Waals surface area contributed by atoms with Crippen molar-refractivity contribution in [2.45, 2.75) is 24.5 Å². The zero-order valence-electron chi connectivity index (χ0n) is 19.0. The summed E-state index contributed by atoms with van der Waals surface area (Å²) < 4.78 is 12.0. The Labute approximate surface area is 196 Å². The summed E-state index contributed by atoms with van der Waals surface area (Å²) in [5.41, 5.74) is 1.57. The van der Waals surface area contributed by atoms with E-state index in [1.54, 1.807) is 43.1 Å². The van der Waals surface area contributed by atoms with E-state index in [2.05, 4.69) is 20.8 Å². The molecule has 10 heteroatoms. The fraction of sp³-hybridized carbons (Fsp3) is 0.304. The highest BCUT2D eigenvalue weighted by molar-refractivity contribution is 7.99. The van der Waals surface area contributed by atoms with Crippen molar-refractivity contribution in [2.24, 2.45) is 7.05 Å². The molecule has 0 spiro atoms. The van der Waals surface area contributed by atoms with Crippen molar-refractivity contribution in [1.29, 1.82) is 0 Å². The summed E-state index contributed by atoms with van der Waals surface area (Å²) in [4.78, 5) is 24.7. The number of nitrogens with zero attached hydrogens (tertiary/aromatic N) is 3. The quantitative estimate of drug-likeness (QED) is 0.440. The first-order valence-electron chi connectivity index (χ1n) is 10.3. The highest BCUT2D eigenvalue weighted by atomic mass is 32.2. The number of carbonyl (C=O) groups is 2. The van der Waals surface area contributed by atoms with Crippen molar-refractivity contribution in [3.63, 3.8) is 0 Å². The lowest BCUT2D eigenvalue weighted by atomic mass is 10.1. The number of thioether (sulfide) groups is 1. The van der Waals surface area contributed by atoms with Gasteiger partial charge in [-0.15, -0.1) is 10.2 Å². The highest BCUT2D eigenvalue weighted by Crippen LogP contribution is 2.20. The second kappa shape index (κ2) is 11.4. The van der Waals surface area contributed by atoms with Gasteiger partial charge >= 0.3 is 0 Å². The Morgan fingerprint density at radius 3 is 2.18 bits per heavy atom. The summed E-state index contributed by atoms with van der Waals surface area (Å²) in [6.45, 7) is 1.85. The number of methoxy groups -OCH3 is 2. The molecule has 0 aliphatic carbocycles. The van der Waals surface area contributed by atoms with Gasteiger partial charge in [-0.25, -0.2) is 0 Å². The molecular weight excluding hydrogens is 442 g/mol. The van der Waals surface area contributed by atoms with E-state index < -0.39 is 0 Å². The summed E-state index contributed by atoms with van der Waals surface area (Å²) in [5, 5.41) is 14.7. The van der Waals surface area contributed by atoms with E-state index in [9.17, 15) is 9.59 Å². The third-order valence-electron chi connectivity index (χ3n) is 4.86. The summed E-state index contributed by atoms with van der Waals surface area (Å²) in [5.74, 6) is 1.97. The molecule has 33 heavy (non-hydrogen) atoms. The van der Waals surface area contributed by atoms with Crippen LogP contribution in [-0.4, -0.2) is 46.6 Å². The minimum Gasteiger partial charge on any atom is -0.497 e. The fourth-order valence-electron chi connectivity index (χ4n) is 3.12. The standard InChI is InChI=1S/C23H27N5O4S/c1-15(24-20(29)13-16-5-9-18(31-3)10-6-16)22-26-27-23(28(22)2)33-14-21(30)25-17-7-11-19(32-4)12-8-17/h5-12,15H,13-14H2,1-4H3,(H,24,29)(H,25,30)/t15-/m1/s1. The van der Waals surface area contributed by atoms with Gasteiger partial charge in [-0.2, -0.15) is 0 Å². The van der Waals surface area contributed by atoms with Crippen molar-refractivity contribution in [1.82, 2.24) is 20.1 Å². The van der Waals surface area contributed by atoms with Crippen LogP contribution in [0.2, 0.25) is 0 Å². The predicted molar refractivity (Wildman–Crippen MR) is 127 cm³/mol. The maximum atomic E-state index is 12.4. The van der Waals surface area contributed by atoms with Crippen LogP contribution < -0.4 is 20.1 Å². The van der Waals surface area contributed by atoms with Crippen LogP contribution >= 0.6 is 11.8 Å². The molecule has 1 heterocycles. The minimum atomic E-state index is -0.337. The number of carbonyl (C=O) groups excluding carboxylic acids is 2. The topological polar surface area (TPSA) is 107 Å². The minimum absolute atomic E-state index is 0.122. The molecule has 9 nitrogen and oxygen atoms in total. The Kier molecular flexibility index (Phi) is 8.31. The van der Waals surface area contributed by atoms with Crippen LogP contribution in [0.1, 0.15) is 24.4 Å². The van der Waals surface area contributed by atoms with Gasteiger partial charge in [0.2, 0.25) is 11.8 Å². The van der Waals surface area contributed by atoms with Gasteiger partial charge in [0.05, 0.1) is 32.4 Å². The molecule has 1 aromatic heterocycles. The van der Waals surface area contributed by atoms with E-state index in [-0.39, 0.29) is 30.0 Å². The Bertz CT molecular complexity index is 1080. The van der Waals surface area contributed by atoms with Crippen molar-refractivity contribution in [2.75, 3.05) is 25.3 Å². The number of benzene rings is 2. The van der Waals surface area contributed by atoms with Crippen LogP contribution in [0.25, 0.3) is 0 Å². The Morgan fingerprint density at radius 1 is 0.970 bits per heavy atom. The van der Waals surface area contributed by atoms with Crippen LogP contribution in [0.5, 0.6) is 11.5 Å². The van der Waals surface area contributed by atoms with Crippen LogP contribution in [0.4, 0.5) is 5.69 Å². The summed E-state index contributed by atoms with van der Waals surface area (Å²) >= 11 is 1.27. The van der Waals surface area contributed by atoms with Gasteiger partial charge in [-0.05, 0) is 48.9 Å². The molecular formula is C23H27N5O4S. The van der Waals surface area contributed by atoms with Gasteiger partial charge in [-0.3, -0.25) is 9.59 Å². The SMILES string of the molecule is COc1ccc(CC(=O)N[C@H](C)c2nnc(SCC(=O)Nc3ccc(OC)cc3)n2C)cc1. The molecule has 0 bridgehead atoms. The number of nitrogens with one attached hydrogen (secondary N) is 2. The van der Waals surface area contributed by atoms with Crippen LogP contribution in [-0.2, 0) is 23.1 Å². The molecule has 3 aromatic rings. The van der Waals surface area contributed by atoms with E-state index in [4.69, 9.17) is 9.47 Å². The van der Waals surface area contributed by atoms with Gasteiger partial charge in [0, 0.05) is 12.7 Å². The number of hydrogen-bond acceptors (Lipinski definition) is 7. The van der Waals surface area contributed by atoms with E-state index in [1.807, 2.05) is 38.2 Å². The summed E-state index contributed by atoms with van der Waals surface area (Å²) in [6, 6.07) is 14.1. The molecule has 0 fully saturated rings. The fourth-order valence-corrected chi connectivity index (χ4v) is 3.83. The molecule has 1 atom stereocenters. The maximum absolute atomic E-state index is 12.4. The van der Waals surface area contributed by atoms with Crippen molar-refractivity contribution >= 4 is 29.3 Å². The highest BCUT2D eigenvalue weighted by Gasteiger charge is 2.18. The Hall–Kier alpha value is -3.53. The first kappa shape index (κ1) is 24.1. The third kappa shape index (κ3) is 6.72. The van der Waals surface area contributed by atoms with Crippen LogP contribution in [0.3, 0.4) is 0 Å². The predicted octanol–water partition coefficient (Wildman–Crippen LogP) is 2.98. The average molecular weight is 470 g/mol. The normalized spacial score (nSPS) is 11.5.